The Morgan fingerprint density at radius 3 is 2.12 bits per heavy atom. The van der Waals surface area contributed by atoms with E-state index in [9.17, 15) is 36.1 Å². The van der Waals surface area contributed by atoms with Crippen LogP contribution in [0.15, 0.2) is 67.6 Å². The van der Waals surface area contributed by atoms with Gasteiger partial charge in [0.15, 0.2) is 5.71 Å². The van der Waals surface area contributed by atoms with Gasteiger partial charge in [0.2, 0.25) is 22.6 Å². The molecule has 0 fully saturated rings. The molecule has 2 heterocycles. The summed E-state index contributed by atoms with van der Waals surface area (Å²) in [7, 11) is -9.47. The minimum Gasteiger partial charge on any atom is -0.477 e. The summed E-state index contributed by atoms with van der Waals surface area (Å²) >= 11 is 11.4. The highest BCUT2D eigenvalue weighted by Crippen LogP contribution is 2.31. The molecule has 208 valence electrons. The Hall–Kier alpha value is -4.14. The number of carboxylic acids is 1. The van der Waals surface area contributed by atoms with Crippen molar-refractivity contribution < 1.29 is 40.6 Å². The first-order chi connectivity index (χ1) is 18.6. The van der Waals surface area contributed by atoms with Crippen LogP contribution in [0.3, 0.4) is 0 Å². The average Bonchev–Trinajstić information content (AvgIpc) is 3.18. The molecule has 0 bridgehead atoms. The van der Waals surface area contributed by atoms with Crippen LogP contribution in [-0.2, 0) is 29.8 Å². The van der Waals surface area contributed by atoms with Crippen molar-refractivity contribution in [3.63, 3.8) is 0 Å². The minimum absolute atomic E-state index is 0.0224. The number of carbonyl (C=O) groups excluding carboxylic acids is 1. The van der Waals surface area contributed by atoms with Crippen molar-refractivity contribution >= 4 is 84.0 Å². The number of anilines is 3. The average molecular weight is 631 g/mol. The highest BCUT2D eigenvalue weighted by atomic mass is 35.5. The Bertz CT molecular complexity index is 1800. The lowest BCUT2D eigenvalue weighted by Crippen LogP contribution is -2.33. The van der Waals surface area contributed by atoms with Gasteiger partial charge in [0.25, 0.3) is 26.1 Å². The molecule has 0 radical (unpaired) electrons. The smallest absolute Gasteiger partial charge is 0.355 e. The molecule has 1 amide bonds. The van der Waals surface area contributed by atoms with Gasteiger partial charge in [-0.3, -0.25) is 13.9 Å². The van der Waals surface area contributed by atoms with Crippen molar-refractivity contribution in [3.8, 4) is 0 Å². The van der Waals surface area contributed by atoms with E-state index in [1.807, 2.05) is 0 Å². The lowest BCUT2D eigenvalue weighted by Gasteiger charge is -2.12. The number of nitrogens with zero attached hydrogens (tertiary/aromatic N) is 7. The van der Waals surface area contributed by atoms with Crippen molar-refractivity contribution in [1.29, 1.82) is 0 Å². The summed E-state index contributed by atoms with van der Waals surface area (Å²) in [6, 6.07) is 5.48. The van der Waals surface area contributed by atoms with Gasteiger partial charge in [0.05, 0.1) is 10.6 Å². The van der Waals surface area contributed by atoms with Gasteiger partial charge >= 0.3 is 5.97 Å². The summed E-state index contributed by atoms with van der Waals surface area (Å²) in [6.07, 6.45) is 0. The Kier molecular flexibility index (Phi) is 7.78. The van der Waals surface area contributed by atoms with E-state index in [-0.39, 0.29) is 27.9 Å². The van der Waals surface area contributed by atoms with Crippen LogP contribution in [0.5, 0.6) is 0 Å². The molecule has 40 heavy (non-hydrogen) atoms. The van der Waals surface area contributed by atoms with E-state index in [2.05, 4.69) is 35.6 Å². The molecule has 4 rings (SSSR count). The van der Waals surface area contributed by atoms with Crippen LogP contribution >= 0.6 is 23.2 Å². The summed E-state index contributed by atoms with van der Waals surface area (Å²) in [5, 5.41) is 23.2. The van der Waals surface area contributed by atoms with Gasteiger partial charge in [0.1, 0.15) is 10.6 Å². The van der Waals surface area contributed by atoms with E-state index in [4.69, 9.17) is 27.8 Å². The first-order valence-electron chi connectivity index (χ1n) is 10.2. The quantitative estimate of drug-likeness (QED) is 0.206. The fourth-order valence-electron chi connectivity index (χ4n) is 3.16. The number of hydrogen-bond acceptors (Lipinski definition) is 13. The van der Waals surface area contributed by atoms with E-state index in [0.717, 1.165) is 36.4 Å². The first-order valence-corrected chi connectivity index (χ1v) is 13.9. The molecule has 0 aliphatic carbocycles. The van der Waals surface area contributed by atoms with Crippen LogP contribution in [0.1, 0.15) is 0 Å². The Balaban J connectivity index is 1.65. The molecule has 0 saturated heterocycles. The molecule has 1 aliphatic heterocycles. The van der Waals surface area contributed by atoms with Gasteiger partial charge in [-0.05, 0) is 65.7 Å². The van der Waals surface area contributed by atoms with Crippen LogP contribution in [0.2, 0.25) is 10.6 Å². The van der Waals surface area contributed by atoms with E-state index in [1.54, 1.807) is 0 Å². The van der Waals surface area contributed by atoms with Gasteiger partial charge in [-0.1, -0.05) is 0 Å². The van der Waals surface area contributed by atoms with Gasteiger partial charge < -0.3 is 10.4 Å². The van der Waals surface area contributed by atoms with Gasteiger partial charge in [-0.2, -0.15) is 52.1 Å². The predicted octanol–water partition coefficient (Wildman–Crippen LogP) is 2.36. The van der Waals surface area contributed by atoms with Gasteiger partial charge in [-0.25, -0.2) is 4.79 Å². The zero-order valence-electron chi connectivity index (χ0n) is 19.1. The van der Waals surface area contributed by atoms with E-state index >= 15 is 0 Å². The molecule has 1 unspecified atom stereocenters. The topological polar surface area (TPSA) is 254 Å². The van der Waals surface area contributed by atoms with Crippen LogP contribution in [0, 0.1) is 0 Å². The number of halogens is 2. The number of hydrogen-bond donors (Lipinski definition) is 4. The molecular weight excluding hydrogens is 619 g/mol. The molecule has 3 aromatic rings. The van der Waals surface area contributed by atoms with Crippen molar-refractivity contribution in [2.75, 3.05) is 10.3 Å². The van der Waals surface area contributed by atoms with Crippen LogP contribution in [0.25, 0.3) is 0 Å². The third-order valence-corrected chi connectivity index (χ3v) is 6.95. The predicted molar refractivity (Wildman–Crippen MR) is 137 cm³/mol. The molecule has 0 spiro atoms. The standard InChI is InChI=1S/C19H12Cl2N8O9S2/c20-17-23-18(21)25-19(24-17)22-8-1-6-11(12(7-8)40(36,37)38)26-27-13-14(16(31)32)28-29(15(13)30)9-2-4-10(5-3-9)39(33,34)35/h1-7,13H,(H,31,32)(H,33,34,35)(H,36,37,38)(H,22,23,24,25). The second kappa shape index (κ2) is 10.8. The monoisotopic (exact) mass is 630 g/mol. The number of hydrazone groups is 1. The van der Waals surface area contributed by atoms with E-state index in [0.29, 0.717) is 5.01 Å². The normalized spacial score (nSPS) is 15.9. The molecule has 1 atom stereocenters. The Labute approximate surface area is 233 Å². The number of carboxylic acid groups (broad SMARTS) is 1. The Morgan fingerprint density at radius 2 is 1.57 bits per heavy atom. The maximum atomic E-state index is 12.9. The second-order valence-electron chi connectivity index (χ2n) is 7.51. The Morgan fingerprint density at radius 1 is 0.950 bits per heavy atom. The summed E-state index contributed by atoms with van der Waals surface area (Å²) in [4.78, 5) is 34.4. The van der Waals surface area contributed by atoms with Gasteiger partial charge in [-0.15, -0.1) is 0 Å². The first kappa shape index (κ1) is 28.9. The van der Waals surface area contributed by atoms with Gasteiger partial charge in [0, 0.05) is 5.69 Å². The number of aromatic nitrogens is 3. The molecule has 1 aromatic heterocycles. The molecule has 4 N–H and O–H groups in total. The maximum absolute atomic E-state index is 12.9. The summed E-state index contributed by atoms with van der Waals surface area (Å²) in [5.74, 6) is -2.85. The second-order valence-corrected chi connectivity index (χ2v) is 11.0. The molecule has 0 saturated carbocycles. The molecular formula is C19H12Cl2N8O9S2. The van der Waals surface area contributed by atoms with Crippen LogP contribution < -0.4 is 10.3 Å². The number of amides is 1. The number of nitrogens with one attached hydrogen (secondary N) is 1. The summed E-state index contributed by atoms with van der Waals surface area (Å²) in [6.45, 7) is 0. The lowest BCUT2D eigenvalue weighted by molar-refractivity contribution is -0.130. The van der Waals surface area contributed by atoms with Crippen molar-refractivity contribution in [3.05, 3.63) is 53.0 Å². The van der Waals surface area contributed by atoms with E-state index in [1.165, 1.54) is 6.07 Å². The number of aliphatic carboxylic acids is 1. The molecule has 2 aromatic carbocycles. The summed E-state index contributed by atoms with van der Waals surface area (Å²) in [5.41, 5.74) is -1.31. The van der Waals surface area contributed by atoms with Crippen LogP contribution in [0.4, 0.5) is 23.0 Å². The molecule has 17 nitrogen and oxygen atoms in total. The highest BCUT2D eigenvalue weighted by molar-refractivity contribution is 7.86. The zero-order chi connectivity index (χ0) is 29.4. The van der Waals surface area contributed by atoms with Crippen molar-refractivity contribution in [1.82, 2.24) is 15.0 Å². The molecule has 21 heteroatoms. The number of benzene rings is 2. The lowest BCUT2D eigenvalue weighted by atomic mass is 10.2. The number of rotatable bonds is 8. The maximum Gasteiger partial charge on any atom is 0.355 e. The van der Waals surface area contributed by atoms with Crippen LogP contribution in [-0.4, -0.2) is 69.6 Å². The van der Waals surface area contributed by atoms with Crippen molar-refractivity contribution in [2.45, 2.75) is 15.8 Å². The third-order valence-electron chi connectivity index (χ3n) is 4.86. The number of carbonyl (C=O) groups is 2. The SMILES string of the molecule is O=C(O)C1=NN(c2ccc(S(=O)(=O)O)cc2)C(=O)C1N=Nc1ccc(Nc2nc(Cl)nc(Cl)n2)cc1S(=O)(=O)O. The zero-order valence-corrected chi connectivity index (χ0v) is 22.3. The third kappa shape index (κ3) is 6.35. The fourth-order valence-corrected chi connectivity index (χ4v) is 4.66. The summed E-state index contributed by atoms with van der Waals surface area (Å²) < 4.78 is 65.3. The number of azo groups is 1. The minimum atomic E-state index is -4.93. The van der Waals surface area contributed by atoms with Crippen molar-refractivity contribution in [2.24, 2.45) is 15.3 Å². The molecule has 1 aliphatic rings. The van der Waals surface area contributed by atoms with E-state index < -0.39 is 59.3 Å². The largest absolute Gasteiger partial charge is 0.477 e. The fraction of sp³-hybridized carbons (Fsp3) is 0.0526. The highest BCUT2D eigenvalue weighted by Gasteiger charge is 2.41.